The molecule has 1 aromatic rings. The van der Waals surface area contributed by atoms with Crippen molar-refractivity contribution in [3.8, 4) is 0 Å². The zero-order valence-electron chi connectivity index (χ0n) is 11.8. The quantitative estimate of drug-likeness (QED) is 0.717. The van der Waals surface area contributed by atoms with Gasteiger partial charge in [0.1, 0.15) is 0 Å². The normalized spacial score (nSPS) is 13.0. The fourth-order valence-electron chi connectivity index (χ4n) is 2.65. The highest BCUT2D eigenvalue weighted by Gasteiger charge is 2.25. The molecule has 0 aromatic heterocycles. The van der Waals surface area contributed by atoms with Gasteiger partial charge in [0.05, 0.1) is 0 Å². The standard InChI is InChI=1S/C15H22F3N/c1-4-6-10(7-5-2)15(19-3)11-8-9-12(16)14(18)13(11)17/h8-10,15,19H,4-7H2,1-3H3. The number of benzene rings is 1. The van der Waals surface area contributed by atoms with Gasteiger partial charge in [0.15, 0.2) is 17.5 Å². The summed E-state index contributed by atoms with van der Waals surface area (Å²) < 4.78 is 40.2. The maximum Gasteiger partial charge on any atom is 0.194 e. The molecule has 0 aliphatic carbocycles. The summed E-state index contributed by atoms with van der Waals surface area (Å²) in [5.74, 6) is -3.38. The summed E-state index contributed by atoms with van der Waals surface area (Å²) in [6.07, 6.45) is 3.82. The molecule has 1 N–H and O–H groups in total. The number of hydrogen-bond acceptors (Lipinski definition) is 1. The number of hydrogen-bond donors (Lipinski definition) is 1. The van der Waals surface area contributed by atoms with Crippen LogP contribution in [0, 0.1) is 23.4 Å². The highest BCUT2D eigenvalue weighted by Crippen LogP contribution is 2.32. The first kappa shape index (κ1) is 16.0. The molecule has 0 saturated carbocycles. The van der Waals surface area contributed by atoms with Gasteiger partial charge in [-0.05, 0) is 31.9 Å². The van der Waals surface area contributed by atoms with Crippen LogP contribution in [0.1, 0.15) is 51.1 Å². The van der Waals surface area contributed by atoms with E-state index in [2.05, 4.69) is 19.2 Å². The monoisotopic (exact) mass is 273 g/mol. The second-order valence-electron chi connectivity index (χ2n) is 4.87. The molecule has 0 aliphatic rings. The smallest absolute Gasteiger partial charge is 0.194 e. The topological polar surface area (TPSA) is 12.0 Å². The molecule has 19 heavy (non-hydrogen) atoms. The van der Waals surface area contributed by atoms with Gasteiger partial charge in [0.2, 0.25) is 0 Å². The molecule has 1 unspecified atom stereocenters. The van der Waals surface area contributed by atoms with Crippen LogP contribution in [0.3, 0.4) is 0 Å². The molecular weight excluding hydrogens is 251 g/mol. The Balaban J connectivity index is 3.10. The highest BCUT2D eigenvalue weighted by molar-refractivity contribution is 5.24. The molecule has 0 fully saturated rings. The van der Waals surface area contributed by atoms with Gasteiger partial charge in [-0.2, -0.15) is 0 Å². The van der Waals surface area contributed by atoms with Crippen LogP contribution in [0.25, 0.3) is 0 Å². The molecule has 1 nitrogen and oxygen atoms in total. The minimum Gasteiger partial charge on any atom is -0.313 e. The molecule has 0 spiro atoms. The number of halogens is 3. The van der Waals surface area contributed by atoms with Gasteiger partial charge >= 0.3 is 0 Å². The van der Waals surface area contributed by atoms with E-state index in [0.717, 1.165) is 31.7 Å². The Kier molecular flexibility index (Phi) is 6.35. The lowest BCUT2D eigenvalue weighted by Gasteiger charge is -2.27. The maximum atomic E-state index is 13.9. The van der Waals surface area contributed by atoms with Gasteiger partial charge < -0.3 is 5.32 Å². The molecule has 0 heterocycles. The molecular formula is C15H22F3N. The lowest BCUT2D eigenvalue weighted by atomic mass is 9.86. The number of nitrogens with one attached hydrogen (secondary N) is 1. The second-order valence-corrected chi connectivity index (χ2v) is 4.87. The van der Waals surface area contributed by atoms with Gasteiger partial charge in [0.25, 0.3) is 0 Å². The van der Waals surface area contributed by atoms with Gasteiger partial charge in [0, 0.05) is 11.6 Å². The average molecular weight is 273 g/mol. The van der Waals surface area contributed by atoms with E-state index in [1.165, 1.54) is 6.07 Å². The largest absolute Gasteiger partial charge is 0.313 e. The van der Waals surface area contributed by atoms with E-state index in [1.807, 2.05) is 0 Å². The molecule has 1 rings (SSSR count). The van der Waals surface area contributed by atoms with Crippen LogP contribution in [0.5, 0.6) is 0 Å². The highest BCUT2D eigenvalue weighted by atomic mass is 19.2. The van der Waals surface area contributed by atoms with Crippen LogP contribution in [0.4, 0.5) is 13.2 Å². The van der Waals surface area contributed by atoms with E-state index < -0.39 is 17.5 Å². The zero-order chi connectivity index (χ0) is 14.4. The molecule has 0 bridgehead atoms. The van der Waals surface area contributed by atoms with Crippen LogP contribution in [0.2, 0.25) is 0 Å². The Morgan fingerprint density at radius 2 is 1.58 bits per heavy atom. The van der Waals surface area contributed by atoms with Crippen LogP contribution in [-0.4, -0.2) is 7.05 Å². The van der Waals surface area contributed by atoms with Crippen molar-refractivity contribution in [3.63, 3.8) is 0 Å². The number of rotatable bonds is 7. The molecule has 1 aromatic carbocycles. The van der Waals surface area contributed by atoms with Gasteiger partial charge in [-0.1, -0.05) is 32.8 Å². The van der Waals surface area contributed by atoms with Gasteiger partial charge in [-0.15, -0.1) is 0 Å². The average Bonchev–Trinajstić information content (AvgIpc) is 2.40. The van der Waals surface area contributed by atoms with Gasteiger partial charge in [-0.3, -0.25) is 0 Å². The lowest BCUT2D eigenvalue weighted by Crippen LogP contribution is -2.26. The molecule has 0 saturated heterocycles. The van der Waals surface area contributed by atoms with E-state index in [9.17, 15) is 13.2 Å². The Hall–Kier alpha value is -1.03. The first-order valence-electron chi connectivity index (χ1n) is 6.87. The summed E-state index contributed by atoms with van der Waals surface area (Å²) in [4.78, 5) is 0. The van der Waals surface area contributed by atoms with Crippen molar-refractivity contribution in [2.75, 3.05) is 7.05 Å². The summed E-state index contributed by atoms with van der Waals surface area (Å²) in [7, 11) is 1.73. The summed E-state index contributed by atoms with van der Waals surface area (Å²) >= 11 is 0. The Labute approximate surface area is 113 Å². The summed E-state index contributed by atoms with van der Waals surface area (Å²) in [6, 6.07) is 2.05. The molecule has 1 atom stereocenters. The Morgan fingerprint density at radius 1 is 1.00 bits per heavy atom. The summed E-state index contributed by atoms with van der Waals surface area (Å²) in [5.41, 5.74) is 0.216. The predicted octanol–water partition coefficient (Wildman–Crippen LogP) is 4.58. The van der Waals surface area contributed by atoms with Crippen molar-refractivity contribution < 1.29 is 13.2 Å². The van der Waals surface area contributed by atoms with Crippen LogP contribution < -0.4 is 5.32 Å². The first-order valence-corrected chi connectivity index (χ1v) is 6.87. The van der Waals surface area contributed by atoms with Crippen LogP contribution >= 0.6 is 0 Å². The second kappa shape index (κ2) is 7.53. The maximum absolute atomic E-state index is 13.9. The summed E-state index contributed by atoms with van der Waals surface area (Å²) in [5, 5.41) is 3.05. The fourth-order valence-corrected chi connectivity index (χ4v) is 2.65. The van der Waals surface area contributed by atoms with Crippen molar-refractivity contribution in [1.82, 2.24) is 5.32 Å². The minimum absolute atomic E-state index is 0.216. The van der Waals surface area contributed by atoms with Crippen molar-refractivity contribution in [1.29, 1.82) is 0 Å². The first-order chi connectivity index (χ1) is 9.06. The van der Waals surface area contributed by atoms with Crippen LogP contribution in [-0.2, 0) is 0 Å². The van der Waals surface area contributed by atoms with E-state index in [-0.39, 0.29) is 17.5 Å². The van der Waals surface area contributed by atoms with E-state index in [0.29, 0.717) is 0 Å². The van der Waals surface area contributed by atoms with Gasteiger partial charge in [-0.25, -0.2) is 13.2 Å². The van der Waals surface area contributed by atoms with Crippen molar-refractivity contribution in [3.05, 3.63) is 35.1 Å². The third-order valence-electron chi connectivity index (χ3n) is 3.50. The van der Waals surface area contributed by atoms with Crippen LogP contribution in [0.15, 0.2) is 12.1 Å². The minimum atomic E-state index is -1.38. The zero-order valence-corrected chi connectivity index (χ0v) is 11.8. The SMILES string of the molecule is CCCC(CCC)C(NC)c1ccc(F)c(F)c1F. The van der Waals surface area contributed by atoms with Crippen molar-refractivity contribution in [2.45, 2.75) is 45.6 Å². The predicted molar refractivity (Wildman–Crippen MR) is 71.4 cm³/mol. The molecule has 0 radical (unpaired) electrons. The summed E-state index contributed by atoms with van der Waals surface area (Å²) in [6.45, 7) is 4.13. The lowest BCUT2D eigenvalue weighted by molar-refractivity contribution is 0.317. The molecule has 4 heteroatoms. The van der Waals surface area contributed by atoms with E-state index in [1.54, 1.807) is 7.05 Å². The Bertz CT molecular complexity index is 401. The third kappa shape index (κ3) is 3.72. The van der Waals surface area contributed by atoms with Crippen molar-refractivity contribution in [2.24, 2.45) is 5.92 Å². The van der Waals surface area contributed by atoms with E-state index >= 15 is 0 Å². The Morgan fingerprint density at radius 3 is 2.05 bits per heavy atom. The third-order valence-corrected chi connectivity index (χ3v) is 3.50. The fraction of sp³-hybridized carbons (Fsp3) is 0.600. The molecule has 108 valence electrons. The van der Waals surface area contributed by atoms with Crippen molar-refractivity contribution >= 4 is 0 Å². The van der Waals surface area contributed by atoms with E-state index in [4.69, 9.17) is 0 Å². The molecule has 0 amide bonds. The molecule has 0 aliphatic heterocycles.